The summed E-state index contributed by atoms with van der Waals surface area (Å²) in [5, 5.41) is 6.70. The first-order chi connectivity index (χ1) is 9.54. The molecule has 104 valence electrons. The SMILES string of the molecule is Cc1ccc(CNC(=S)Nc2ccc(F)cc2)c(C)c1. The Morgan fingerprint density at radius 2 is 1.80 bits per heavy atom. The van der Waals surface area contributed by atoms with Crippen molar-refractivity contribution < 1.29 is 4.39 Å². The van der Waals surface area contributed by atoms with E-state index in [0.717, 1.165) is 5.69 Å². The minimum Gasteiger partial charge on any atom is -0.358 e. The molecule has 2 N–H and O–H groups in total. The van der Waals surface area contributed by atoms with Gasteiger partial charge in [0.25, 0.3) is 0 Å². The smallest absolute Gasteiger partial charge is 0.171 e. The summed E-state index contributed by atoms with van der Waals surface area (Å²) in [6.45, 7) is 4.82. The number of nitrogens with one attached hydrogen (secondary N) is 2. The lowest BCUT2D eigenvalue weighted by atomic mass is 10.1. The maximum absolute atomic E-state index is 12.8. The molecule has 20 heavy (non-hydrogen) atoms. The van der Waals surface area contributed by atoms with Gasteiger partial charge in [0.2, 0.25) is 0 Å². The topological polar surface area (TPSA) is 24.1 Å². The van der Waals surface area contributed by atoms with Crippen LogP contribution in [-0.2, 0) is 6.54 Å². The number of hydrogen-bond donors (Lipinski definition) is 2. The Bertz CT molecular complexity index is 608. The molecular formula is C16H17FN2S. The molecule has 4 heteroatoms. The Balaban J connectivity index is 1.90. The van der Waals surface area contributed by atoms with Gasteiger partial charge in [0.1, 0.15) is 5.82 Å². The maximum atomic E-state index is 12.8. The summed E-state index contributed by atoms with van der Waals surface area (Å²) in [6, 6.07) is 12.4. The number of rotatable bonds is 3. The van der Waals surface area contributed by atoms with Crippen LogP contribution in [0.1, 0.15) is 16.7 Å². The van der Waals surface area contributed by atoms with Crippen molar-refractivity contribution in [3.05, 3.63) is 65.0 Å². The molecule has 0 radical (unpaired) electrons. The van der Waals surface area contributed by atoms with Gasteiger partial charge in [-0.2, -0.15) is 0 Å². The van der Waals surface area contributed by atoms with Crippen molar-refractivity contribution >= 4 is 23.0 Å². The quantitative estimate of drug-likeness (QED) is 0.837. The first-order valence-electron chi connectivity index (χ1n) is 6.41. The molecule has 0 saturated carbocycles. The van der Waals surface area contributed by atoms with E-state index in [-0.39, 0.29) is 5.82 Å². The van der Waals surface area contributed by atoms with E-state index in [2.05, 4.69) is 42.7 Å². The highest BCUT2D eigenvalue weighted by atomic mass is 32.1. The second-order valence-electron chi connectivity index (χ2n) is 4.74. The minimum absolute atomic E-state index is 0.260. The molecule has 0 heterocycles. The van der Waals surface area contributed by atoms with Crippen molar-refractivity contribution in [2.45, 2.75) is 20.4 Å². The van der Waals surface area contributed by atoms with Crippen LogP contribution in [0, 0.1) is 19.7 Å². The van der Waals surface area contributed by atoms with Crippen LogP contribution in [-0.4, -0.2) is 5.11 Å². The van der Waals surface area contributed by atoms with Gasteiger partial charge in [-0.05, 0) is 61.5 Å². The Morgan fingerprint density at radius 1 is 1.10 bits per heavy atom. The molecule has 0 unspecified atom stereocenters. The molecule has 2 aromatic rings. The van der Waals surface area contributed by atoms with Gasteiger partial charge in [0.15, 0.2) is 5.11 Å². The Labute approximate surface area is 124 Å². The Kier molecular flexibility index (Phi) is 4.69. The second-order valence-corrected chi connectivity index (χ2v) is 5.15. The van der Waals surface area contributed by atoms with E-state index in [1.54, 1.807) is 12.1 Å². The third-order valence-corrected chi connectivity index (χ3v) is 3.29. The van der Waals surface area contributed by atoms with Crippen LogP contribution in [0.3, 0.4) is 0 Å². The van der Waals surface area contributed by atoms with E-state index >= 15 is 0 Å². The van der Waals surface area contributed by atoms with Crippen LogP contribution in [0.25, 0.3) is 0 Å². The third kappa shape index (κ3) is 4.03. The predicted octanol–water partition coefficient (Wildman–Crippen LogP) is 3.93. The molecular weight excluding hydrogens is 271 g/mol. The fraction of sp³-hybridized carbons (Fsp3) is 0.188. The van der Waals surface area contributed by atoms with Crippen molar-refractivity contribution in [2.75, 3.05) is 5.32 Å². The molecule has 0 fully saturated rings. The number of aryl methyl sites for hydroxylation is 2. The number of hydrogen-bond acceptors (Lipinski definition) is 1. The Morgan fingerprint density at radius 3 is 2.45 bits per heavy atom. The minimum atomic E-state index is -0.260. The molecule has 2 nitrogen and oxygen atoms in total. The van der Waals surface area contributed by atoms with Crippen molar-refractivity contribution in [3.8, 4) is 0 Å². The van der Waals surface area contributed by atoms with Crippen LogP contribution in [0.2, 0.25) is 0 Å². The highest BCUT2D eigenvalue weighted by Gasteiger charge is 2.01. The zero-order valence-corrected chi connectivity index (χ0v) is 12.4. The van der Waals surface area contributed by atoms with Crippen molar-refractivity contribution in [1.29, 1.82) is 0 Å². The highest BCUT2D eigenvalue weighted by Crippen LogP contribution is 2.11. The van der Waals surface area contributed by atoms with Crippen LogP contribution in [0.4, 0.5) is 10.1 Å². The lowest BCUT2D eigenvalue weighted by Crippen LogP contribution is -2.28. The zero-order valence-electron chi connectivity index (χ0n) is 11.5. The largest absolute Gasteiger partial charge is 0.358 e. The average Bonchev–Trinajstić information content (AvgIpc) is 2.40. The summed E-state index contributed by atoms with van der Waals surface area (Å²) < 4.78 is 12.8. The van der Waals surface area contributed by atoms with E-state index in [1.807, 2.05) is 0 Å². The number of halogens is 1. The average molecular weight is 288 g/mol. The van der Waals surface area contributed by atoms with Crippen LogP contribution >= 0.6 is 12.2 Å². The van der Waals surface area contributed by atoms with Gasteiger partial charge in [-0.15, -0.1) is 0 Å². The van der Waals surface area contributed by atoms with Gasteiger partial charge < -0.3 is 10.6 Å². The monoisotopic (exact) mass is 288 g/mol. The van der Waals surface area contributed by atoms with E-state index in [4.69, 9.17) is 12.2 Å². The van der Waals surface area contributed by atoms with Gasteiger partial charge in [-0.1, -0.05) is 23.8 Å². The predicted molar refractivity (Wildman–Crippen MR) is 85.4 cm³/mol. The molecule has 0 aliphatic rings. The normalized spacial score (nSPS) is 10.2. The van der Waals surface area contributed by atoms with Crippen LogP contribution in [0.15, 0.2) is 42.5 Å². The van der Waals surface area contributed by atoms with Gasteiger partial charge in [0.05, 0.1) is 0 Å². The molecule has 0 spiro atoms. The third-order valence-electron chi connectivity index (χ3n) is 3.04. The van der Waals surface area contributed by atoms with E-state index in [1.165, 1.54) is 28.8 Å². The molecule has 0 amide bonds. The number of benzene rings is 2. The van der Waals surface area contributed by atoms with Gasteiger partial charge in [0, 0.05) is 12.2 Å². The van der Waals surface area contributed by atoms with E-state index in [0.29, 0.717) is 11.7 Å². The van der Waals surface area contributed by atoms with Crippen LogP contribution < -0.4 is 10.6 Å². The molecule has 0 aliphatic heterocycles. The molecule has 0 saturated heterocycles. The molecule has 0 bridgehead atoms. The number of thiocarbonyl (C=S) groups is 1. The summed E-state index contributed by atoms with van der Waals surface area (Å²) in [5.74, 6) is -0.260. The first-order valence-corrected chi connectivity index (χ1v) is 6.82. The molecule has 0 aromatic heterocycles. The van der Waals surface area contributed by atoms with E-state index < -0.39 is 0 Å². The molecule has 2 rings (SSSR count). The number of anilines is 1. The standard InChI is InChI=1S/C16H17FN2S/c1-11-3-4-13(12(2)9-11)10-18-16(20)19-15-7-5-14(17)6-8-15/h3-9H,10H2,1-2H3,(H2,18,19,20). The Hall–Kier alpha value is -1.94. The lowest BCUT2D eigenvalue weighted by Gasteiger charge is -2.12. The highest BCUT2D eigenvalue weighted by molar-refractivity contribution is 7.80. The molecule has 2 aromatic carbocycles. The maximum Gasteiger partial charge on any atom is 0.171 e. The van der Waals surface area contributed by atoms with Gasteiger partial charge in [-0.25, -0.2) is 4.39 Å². The fourth-order valence-electron chi connectivity index (χ4n) is 1.93. The summed E-state index contributed by atoms with van der Waals surface area (Å²) >= 11 is 5.22. The second kappa shape index (κ2) is 6.48. The lowest BCUT2D eigenvalue weighted by molar-refractivity contribution is 0.628. The van der Waals surface area contributed by atoms with Crippen LogP contribution in [0.5, 0.6) is 0 Å². The summed E-state index contributed by atoms with van der Waals surface area (Å²) in [4.78, 5) is 0. The summed E-state index contributed by atoms with van der Waals surface area (Å²) in [6.07, 6.45) is 0. The van der Waals surface area contributed by atoms with Gasteiger partial charge >= 0.3 is 0 Å². The molecule has 0 atom stereocenters. The van der Waals surface area contributed by atoms with Crippen molar-refractivity contribution in [1.82, 2.24) is 5.32 Å². The summed E-state index contributed by atoms with van der Waals surface area (Å²) in [5.41, 5.74) is 4.46. The van der Waals surface area contributed by atoms with E-state index in [9.17, 15) is 4.39 Å². The van der Waals surface area contributed by atoms with Crippen molar-refractivity contribution in [2.24, 2.45) is 0 Å². The zero-order chi connectivity index (χ0) is 14.5. The van der Waals surface area contributed by atoms with Crippen molar-refractivity contribution in [3.63, 3.8) is 0 Å². The fourth-order valence-corrected chi connectivity index (χ4v) is 2.12. The van der Waals surface area contributed by atoms with Gasteiger partial charge in [-0.3, -0.25) is 0 Å². The molecule has 0 aliphatic carbocycles. The summed E-state index contributed by atoms with van der Waals surface area (Å²) in [7, 11) is 0. The first kappa shape index (κ1) is 14.5.